The lowest BCUT2D eigenvalue weighted by Crippen LogP contribution is -2.36. The fourth-order valence-corrected chi connectivity index (χ4v) is 1.75. The van der Waals surface area contributed by atoms with E-state index in [-0.39, 0.29) is 24.6 Å². The smallest absolute Gasteiger partial charge is 0.416 e. The molecule has 0 unspecified atom stereocenters. The van der Waals surface area contributed by atoms with Crippen LogP contribution in [0.4, 0.5) is 23.7 Å². The van der Waals surface area contributed by atoms with Gasteiger partial charge in [-0.1, -0.05) is 0 Å². The van der Waals surface area contributed by atoms with Crippen molar-refractivity contribution in [3.05, 3.63) is 23.8 Å². The van der Waals surface area contributed by atoms with E-state index < -0.39 is 23.4 Å². The highest BCUT2D eigenvalue weighted by Crippen LogP contribution is 2.35. The van der Waals surface area contributed by atoms with Gasteiger partial charge in [0.15, 0.2) is 0 Å². The van der Waals surface area contributed by atoms with Crippen LogP contribution in [0.1, 0.15) is 26.3 Å². The molecule has 0 saturated heterocycles. The van der Waals surface area contributed by atoms with Crippen LogP contribution < -0.4 is 10.2 Å². The van der Waals surface area contributed by atoms with Crippen molar-refractivity contribution < 1.29 is 32.3 Å². The maximum absolute atomic E-state index is 12.8. The molecule has 0 spiro atoms. The maximum Gasteiger partial charge on any atom is 0.416 e. The van der Waals surface area contributed by atoms with Crippen molar-refractivity contribution in [1.29, 1.82) is 0 Å². The molecule has 6 nitrogen and oxygen atoms in total. The number of hydrogen-bond acceptors (Lipinski definition) is 5. The minimum atomic E-state index is -4.47. The maximum atomic E-state index is 12.8. The molecule has 1 aromatic rings. The predicted octanol–water partition coefficient (Wildman–Crippen LogP) is 3.92. The largest absolute Gasteiger partial charge is 0.489 e. The summed E-state index contributed by atoms with van der Waals surface area (Å²) in [7, 11) is 2.82. The van der Waals surface area contributed by atoms with E-state index >= 15 is 0 Å². The van der Waals surface area contributed by atoms with Gasteiger partial charge in [0.05, 0.1) is 19.2 Å². The molecule has 0 radical (unpaired) electrons. The Bertz CT molecular complexity index is 586. The third-order valence-electron chi connectivity index (χ3n) is 2.91. The molecule has 1 amide bonds. The highest BCUT2D eigenvalue weighted by atomic mass is 19.4. The number of carbonyl (C=O) groups is 1. The van der Waals surface area contributed by atoms with Gasteiger partial charge in [-0.25, -0.2) is 4.79 Å². The number of halogens is 3. The van der Waals surface area contributed by atoms with E-state index in [2.05, 4.69) is 10.3 Å². The molecule has 1 aromatic carbocycles. The quantitative estimate of drug-likeness (QED) is 0.775. The van der Waals surface area contributed by atoms with Gasteiger partial charge in [0.25, 0.3) is 0 Å². The number of benzene rings is 1. The monoisotopic (exact) mass is 364 g/mol. The van der Waals surface area contributed by atoms with E-state index in [1.165, 1.54) is 18.1 Å². The van der Waals surface area contributed by atoms with E-state index in [9.17, 15) is 18.0 Å². The second kappa shape index (κ2) is 8.28. The van der Waals surface area contributed by atoms with Crippen molar-refractivity contribution in [1.82, 2.24) is 4.90 Å². The highest BCUT2D eigenvalue weighted by Gasteiger charge is 2.31. The molecular formula is C16H23F3N2O4. The summed E-state index contributed by atoms with van der Waals surface area (Å²) in [4.78, 5) is 17.8. The first-order valence-corrected chi connectivity index (χ1v) is 7.51. The van der Waals surface area contributed by atoms with Crippen molar-refractivity contribution in [3.8, 4) is 5.75 Å². The first kappa shape index (κ1) is 20.9. The van der Waals surface area contributed by atoms with Crippen LogP contribution >= 0.6 is 0 Å². The van der Waals surface area contributed by atoms with Crippen LogP contribution in [-0.2, 0) is 15.8 Å². The zero-order chi connectivity index (χ0) is 19.3. The molecule has 9 heteroatoms. The summed E-state index contributed by atoms with van der Waals surface area (Å²) in [5.41, 5.74) is 0.945. The van der Waals surface area contributed by atoms with Crippen LogP contribution in [0.2, 0.25) is 0 Å². The van der Waals surface area contributed by atoms with E-state index in [0.29, 0.717) is 0 Å². The molecule has 0 aliphatic carbocycles. The summed E-state index contributed by atoms with van der Waals surface area (Å²) in [6.45, 7) is 5.52. The summed E-state index contributed by atoms with van der Waals surface area (Å²) in [5.74, 6) is 0.174. The minimum Gasteiger partial charge on any atom is -0.489 e. The van der Waals surface area contributed by atoms with Crippen molar-refractivity contribution in [2.75, 3.05) is 32.8 Å². The number of rotatable bonds is 6. The molecular weight excluding hydrogens is 341 g/mol. The van der Waals surface area contributed by atoms with Crippen molar-refractivity contribution >= 4 is 11.8 Å². The van der Waals surface area contributed by atoms with Gasteiger partial charge in [-0.15, -0.1) is 0 Å². The molecule has 0 aliphatic rings. The summed E-state index contributed by atoms with van der Waals surface area (Å²) in [6, 6.07) is 2.99. The molecule has 0 aromatic heterocycles. The molecule has 0 atom stereocenters. The van der Waals surface area contributed by atoms with Gasteiger partial charge in [0.2, 0.25) is 0 Å². The average Bonchev–Trinajstić information content (AvgIpc) is 2.46. The topological polar surface area (TPSA) is 60.0 Å². The number of likely N-dealkylation sites (N-methyl/N-ethyl adjacent to an activating group) is 1. The number of ether oxygens (including phenoxy) is 2. The van der Waals surface area contributed by atoms with Gasteiger partial charge in [-0.3, -0.25) is 10.3 Å². The Kier molecular flexibility index (Phi) is 6.92. The first-order chi connectivity index (χ1) is 11.4. The third-order valence-corrected chi connectivity index (χ3v) is 2.91. The van der Waals surface area contributed by atoms with Gasteiger partial charge in [-0.2, -0.15) is 13.2 Å². The lowest BCUT2D eigenvalue weighted by Gasteiger charge is -2.24. The van der Waals surface area contributed by atoms with Gasteiger partial charge >= 0.3 is 12.3 Å². The van der Waals surface area contributed by atoms with Gasteiger partial charge in [0.1, 0.15) is 23.6 Å². The van der Waals surface area contributed by atoms with Crippen LogP contribution in [0.25, 0.3) is 0 Å². The lowest BCUT2D eigenvalue weighted by molar-refractivity contribution is -0.137. The predicted molar refractivity (Wildman–Crippen MR) is 86.4 cm³/mol. The Hall–Kier alpha value is -2.16. The summed E-state index contributed by atoms with van der Waals surface area (Å²) < 4.78 is 48.9. The first-order valence-electron chi connectivity index (χ1n) is 7.51. The molecule has 0 saturated carbocycles. The Balaban J connectivity index is 2.69. The Labute approximate surface area is 144 Å². The number of amides is 1. The van der Waals surface area contributed by atoms with Crippen LogP contribution in [0.15, 0.2) is 18.2 Å². The van der Waals surface area contributed by atoms with Crippen molar-refractivity contribution in [3.63, 3.8) is 0 Å². The fraction of sp³-hybridized carbons (Fsp3) is 0.562. The molecule has 1 rings (SSSR count). The normalized spacial score (nSPS) is 11.8. The van der Waals surface area contributed by atoms with Gasteiger partial charge < -0.3 is 14.4 Å². The molecule has 0 fully saturated rings. The Morgan fingerprint density at radius 1 is 1.24 bits per heavy atom. The van der Waals surface area contributed by atoms with Gasteiger partial charge in [-0.05, 0) is 39.0 Å². The zero-order valence-corrected chi connectivity index (χ0v) is 14.9. The standard InChI is InChI=1S/C16H23F3N2O4/c1-15(2,3)25-14(22)21(4)8-9-24-13-7-6-11(16(17,18)19)10-12(13)20-23-5/h6-7,10,20H,8-9H2,1-5H3. The summed E-state index contributed by atoms with van der Waals surface area (Å²) in [6.07, 6.45) is -4.99. The lowest BCUT2D eigenvalue weighted by atomic mass is 10.2. The molecule has 0 bridgehead atoms. The second-order valence-corrected chi connectivity index (χ2v) is 6.27. The van der Waals surface area contributed by atoms with Crippen LogP contribution in [0, 0.1) is 0 Å². The number of hydrogen-bond donors (Lipinski definition) is 1. The molecule has 25 heavy (non-hydrogen) atoms. The van der Waals surface area contributed by atoms with E-state index in [1.807, 2.05) is 0 Å². The minimum absolute atomic E-state index is 0.0391. The second-order valence-electron chi connectivity index (χ2n) is 6.27. The number of nitrogens with zero attached hydrogens (tertiary/aromatic N) is 1. The number of nitrogens with one attached hydrogen (secondary N) is 1. The fourth-order valence-electron chi connectivity index (χ4n) is 1.75. The van der Waals surface area contributed by atoms with E-state index in [1.54, 1.807) is 27.8 Å². The number of anilines is 1. The van der Waals surface area contributed by atoms with Gasteiger partial charge in [0, 0.05) is 7.05 Å². The van der Waals surface area contributed by atoms with E-state index in [4.69, 9.17) is 9.47 Å². The molecule has 142 valence electrons. The Morgan fingerprint density at radius 2 is 1.88 bits per heavy atom. The highest BCUT2D eigenvalue weighted by molar-refractivity contribution is 5.67. The number of alkyl halides is 3. The van der Waals surface area contributed by atoms with Crippen LogP contribution in [0.3, 0.4) is 0 Å². The number of carbonyl (C=O) groups excluding carboxylic acids is 1. The van der Waals surface area contributed by atoms with Crippen LogP contribution in [0.5, 0.6) is 5.75 Å². The molecule has 0 aliphatic heterocycles. The Morgan fingerprint density at radius 3 is 2.40 bits per heavy atom. The third kappa shape index (κ3) is 7.08. The zero-order valence-electron chi connectivity index (χ0n) is 14.9. The molecule has 1 N–H and O–H groups in total. The van der Waals surface area contributed by atoms with Crippen LogP contribution in [-0.4, -0.2) is 43.9 Å². The summed E-state index contributed by atoms with van der Waals surface area (Å²) >= 11 is 0. The average molecular weight is 364 g/mol. The van der Waals surface area contributed by atoms with E-state index in [0.717, 1.165) is 12.1 Å². The SMILES string of the molecule is CONc1cc(C(F)(F)F)ccc1OCCN(C)C(=O)OC(C)(C)C. The summed E-state index contributed by atoms with van der Waals surface area (Å²) in [5, 5.41) is 0. The van der Waals surface area contributed by atoms with Crippen molar-refractivity contribution in [2.24, 2.45) is 0 Å². The van der Waals surface area contributed by atoms with Crippen molar-refractivity contribution in [2.45, 2.75) is 32.5 Å². The molecule has 0 heterocycles.